The van der Waals surface area contributed by atoms with Crippen molar-refractivity contribution in [1.82, 2.24) is 4.98 Å². The summed E-state index contributed by atoms with van der Waals surface area (Å²) < 4.78 is 47.0. The molecule has 3 aromatic carbocycles. The first-order chi connectivity index (χ1) is 22.0. The number of thiazole rings is 1. The molecule has 46 heavy (non-hydrogen) atoms. The summed E-state index contributed by atoms with van der Waals surface area (Å²) in [4.78, 5) is 45.2. The Labute approximate surface area is 274 Å². The number of thioether (sulfide) groups is 1. The van der Waals surface area contributed by atoms with Crippen LogP contribution in [0.25, 0.3) is 0 Å². The highest BCUT2D eigenvalue weighted by Gasteiger charge is 2.70. The number of aromatic nitrogens is 1. The second-order valence-electron chi connectivity index (χ2n) is 12.5. The summed E-state index contributed by atoms with van der Waals surface area (Å²) in [6.45, 7) is 2.33. The number of carbonyl (C=O) groups excluding carboxylic acids is 2. The van der Waals surface area contributed by atoms with Gasteiger partial charge in [-0.2, -0.15) is 13.2 Å². The van der Waals surface area contributed by atoms with E-state index in [4.69, 9.17) is 16.3 Å². The van der Waals surface area contributed by atoms with E-state index in [-0.39, 0.29) is 39.5 Å². The van der Waals surface area contributed by atoms with Gasteiger partial charge < -0.3 is 9.72 Å². The lowest BCUT2D eigenvalue weighted by atomic mass is 9.68. The maximum atomic E-state index is 14.0. The molecule has 6 nitrogen and oxygen atoms in total. The number of aromatic amines is 1. The average molecular weight is 683 g/mol. The molecule has 3 heterocycles. The lowest BCUT2D eigenvalue weighted by Crippen LogP contribution is -2.42. The van der Waals surface area contributed by atoms with Gasteiger partial charge in [-0.3, -0.25) is 19.3 Å². The average Bonchev–Trinajstić information content (AvgIpc) is 3.75. The number of amides is 2. The van der Waals surface area contributed by atoms with Crippen LogP contribution in [0.1, 0.15) is 39.5 Å². The SMILES string of the molecule is Cc1ccc(COc2ccc(Cl)cc2[C@@H]2c3sc(=O)[nH]c3S[C@@H]3[C@@H]4C[C@@H]([C@@H]5C(=O)N(c6cccc(C(F)(F)F)c6)C(=O)[C@@H]45)[C@@H]23)cc1. The molecule has 1 aromatic heterocycles. The molecular weight excluding hydrogens is 657 g/mol. The molecule has 12 heteroatoms. The van der Waals surface area contributed by atoms with E-state index in [0.29, 0.717) is 23.8 Å². The predicted octanol–water partition coefficient (Wildman–Crippen LogP) is 7.67. The van der Waals surface area contributed by atoms with Gasteiger partial charge in [0.25, 0.3) is 0 Å². The minimum atomic E-state index is -4.61. The first-order valence-electron chi connectivity index (χ1n) is 14.9. The van der Waals surface area contributed by atoms with Crippen LogP contribution >= 0.6 is 34.7 Å². The van der Waals surface area contributed by atoms with Crippen molar-refractivity contribution >= 4 is 52.2 Å². The monoisotopic (exact) mass is 682 g/mol. The maximum Gasteiger partial charge on any atom is 0.416 e. The standard InChI is InChI=1S/C34H26ClF3N2O4S2/c1-15-5-7-16(8-6-15)14-44-23-10-9-18(35)12-20(23)24-25-21-13-22(28(25)45-30-29(24)46-33(43)39-30)27-26(21)31(41)40(32(27)42)19-4-2-3-17(11-19)34(36,37)38/h2-12,21-22,24-28H,13-14H2,1H3,(H,39,43)/t21-,22-,24+,25+,26+,27+,28-/m1/s1. The molecule has 2 aliphatic carbocycles. The summed E-state index contributed by atoms with van der Waals surface area (Å²) in [6.07, 6.45) is -3.97. The number of hydrogen-bond donors (Lipinski definition) is 1. The summed E-state index contributed by atoms with van der Waals surface area (Å²) in [5.41, 5.74) is 1.96. The Morgan fingerprint density at radius 3 is 2.46 bits per heavy atom. The van der Waals surface area contributed by atoms with Gasteiger partial charge in [-0.1, -0.05) is 58.8 Å². The number of ether oxygens (including phenoxy) is 1. The van der Waals surface area contributed by atoms with E-state index in [1.54, 1.807) is 6.07 Å². The number of H-pyrrole nitrogens is 1. The molecule has 0 unspecified atom stereocenters. The van der Waals surface area contributed by atoms with Crippen LogP contribution in [0.4, 0.5) is 18.9 Å². The summed E-state index contributed by atoms with van der Waals surface area (Å²) in [7, 11) is 0. The van der Waals surface area contributed by atoms with Crippen LogP contribution in [0.3, 0.4) is 0 Å². The fourth-order valence-electron chi connectivity index (χ4n) is 8.18. The van der Waals surface area contributed by atoms with Gasteiger partial charge in [0.1, 0.15) is 12.4 Å². The van der Waals surface area contributed by atoms with E-state index >= 15 is 0 Å². The van der Waals surface area contributed by atoms with E-state index in [2.05, 4.69) is 4.98 Å². The van der Waals surface area contributed by atoms with Gasteiger partial charge in [0.15, 0.2) is 0 Å². The lowest BCUT2D eigenvalue weighted by molar-refractivity contribution is -0.137. The number of anilines is 1. The molecule has 2 saturated carbocycles. The van der Waals surface area contributed by atoms with Crippen molar-refractivity contribution < 1.29 is 27.5 Å². The van der Waals surface area contributed by atoms with Crippen LogP contribution in [-0.4, -0.2) is 22.0 Å². The zero-order valence-corrected chi connectivity index (χ0v) is 26.6. The molecular formula is C34H26ClF3N2O4S2. The van der Waals surface area contributed by atoms with Crippen LogP contribution in [-0.2, 0) is 22.4 Å². The topological polar surface area (TPSA) is 79.5 Å². The number of rotatable bonds is 5. The van der Waals surface area contributed by atoms with Gasteiger partial charge in [-0.25, -0.2) is 0 Å². The third-order valence-electron chi connectivity index (χ3n) is 9.98. The summed E-state index contributed by atoms with van der Waals surface area (Å²) in [6, 6.07) is 17.9. The Morgan fingerprint density at radius 1 is 0.978 bits per heavy atom. The lowest BCUT2D eigenvalue weighted by Gasteiger charge is -2.43. The van der Waals surface area contributed by atoms with Crippen LogP contribution in [0, 0.1) is 36.5 Å². The van der Waals surface area contributed by atoms with Gasteiger partial charge in [-0.15, -0.1) is 11.8 Å². The number of nitrogens with one attached hydrogen (secondary N) is 1. The second-order valence-corrected chi connectivity index (χ2v) is 15.1. The molecule has 7 atom stereocenters. The highest BCUT2D eigenvalue weighted by Crippen LogP contribution is 2.69. The number of halogens is 4. The smallest absolute Gasteiger partial charge is 0.416 e. The number of hydrogen-bond acceptors (Lipinski definition) is 6. The number of alkyl halides is 3. The second kappa shape index (κ2) is 10.7. The van der Waals surface area contributed by atoms with Gasteiger partial charge in [-0.05, 0) is 73.1 Å². The summed E-state index contributed by atoms with van der Waals surface area (Å²) in [5.74, 6) is -2.47. The van der Waals surface area contributed by atoms with Crippen molar-refractivity contribution in [2.24, 2.45) is 29.6 Å². The Morgan fingerprint density at radius 2 is 1.72 bits per heavy atom. The molecule has 0 spiro atoms. The molecule has 2 amide bonds. The fraction of sp³-hybridized carbons (Fsp3) is 0.324. The van der Waals surface area contributed by atoms with Gasteiger partial charge in [0.2, 0.25) is 11.8 Å². The third kappa shape index (κ3) is 4.65. The van der Waals surface area contributed by atoms with E-state index < -0.39 is 35.4 Å². The van der Waals surface area contributed by atoms with Crippen LogP contribution in [0.2, 0.25) is 5.02 Å². The molecule has 3 fully saturated rings. The van der Waals surface area contributed by atoms with Crippen molar-refractivity contribution in [3.63, 3.8) is 0 Å². The Kier molecular flexibility index (Phi) is 6.97. The van der Waals surface area contributed by atoms with Crippen molar-refractivity contribution in [3.8, 4) is 5.75 Å². The van der Waals surface area contributed by atoms with Gasteiger partial charge >= 0.3 is 11.0 Å². The predicted molar refractivity (Wildman–Crippen MR) is 169 cm³/mol. The fourth-order valence-corrected chi connectivity index (χ4v) is 11.2. The number of benzene rings is 3. The molecule has 4 aliphatic rings. The van der Waals surface area contributed by atoms with Crippen molar-refractivity contribution in [2.75, 3.05) is 4.90 Å². The van der Waals surface area contributed by atoms with Gasteiger partial charge in [0.05, 0.1) is 28.1 Å². The molecule has 236 valence electrons. The molecule has 4 aromatic rings. The number of nitrogens with zero attached hydrogens (tertiary/aromatic N) is 1. The largest absolute Gasteiger partial charge is 0.489 e. The first kappa shape index (κ1) is 29.8. The Balaban J connectivity index is 1.18. The normalized spacial score (nSPS) is 27.9. The Hall–Kier alpha value is -3.54. The summed E-state index contributed by atoms with van der Waals surface area (Å²) >= 11 is 9.24. The summed E-state index contributed by atoms with van der Waals surface area (Å²) in [5, 5.41) is 1.14. The molecule has 1 N–H and O–H groups in total. The minimum Gasteiger partial charge on any atom is -0.489 e. The highest BCUT2D eigenvalue weighted by molar-refractivity contribution is 8.00. The van der Waals surface area contributed by atoms with Crippen LogP contribution in [0.5, 0.6) is 5.75 Å². The molecule has 1 saturated heterocycles. The Bertz CT molecular complexity index is 1960. The van der Waals surface area contributed by atoms with Crippen molar-refractivity contribution in [2.45, 2.75) is 42.3 Å². The highest BCUT2D eigenvalue weighted by atomic mass is 35.5. The molecule has 8 rings (SSSR count). The number of imide groups is 1. The van der Waals surface area contributed by atoms with Gasteiger partial charge in [0, 0.05) is 26.6 Å². The number of carbonyl (C=O) groups is 2. The zero-order chi connectivity index (χ0) is 32.1. The van der Waals surface area contributed by atoms with Crippen LogP contribution < -0.4 is 14.5 Å². The quantitative estimate of drug-likeness (QED) is 0.219. The van der Waals surface area contributed by atoms with E-state index in [1.807, 2.05) is 43.3 Å². The van der Waals surface area contributed by atoms with Crippen LogP contribution in [0.15, 0.2) is 76.6 Å². The molecule has 2 aliphatic heterocycles. The molecule has 2 bridgehead atoms. The third-order valence-corrected chi connectivity index (χ3v) is 12.8. The maximum absolute atomic E-state index is 14.0. The van der Waals surface area contributed by atoms with Crippen molar-refractivity contribution in [3.05, 3.63) is 109 Å². The number of fused-ring (bicyclic) bond motifs is 9. The zero-order valence-electron chi connectivity index (χ0n) is 24.2. The first-order valence-corrected chi connectivity index (χ1v) is 17.0. The number of aryl methyl sites for hydroxylation is 1. The van der Waals surface area contributed by atoms with Crippen molar-refractivity contribution in [1.29, 1.82) is 0 Å². The molecule has 0 radical (unpaired) electrons. The van der Waals surface area contributed by atoms with E-state index in [9.17, 15) is 27.6 Å². The van der Waals surface area contributed by atoms with E-state index in [0.717, 1.165) is 55.0 Å². The van der Waals surface area contributed by atoms with E-state index in [1.165, 1.54) is 23.9 Å². The minimum absolute atomic E-state index is 0.0594.